The molecule has 0 radical (unpaired) electrons. The summed E-state index contributed by atoms with van der Waals surface area (Å²) in [4.78, 5) is -0.0206. The highest BCUT2D eigenvalue weighted by Gasteiger charge is 2.19. The first-order valence-corrected chi connectivity index (χ1v) is 9.71. The molecular formula is C19H19NO7S. The Kier molecular flexibility index (Phi) is 6.13. The lowest BCUT2D eigenvalue weighted by atomic mass is 10.3. The fraction of sp³-hybridized carbons (Fsp3) is 0.263. The zero-order valence-corrected chi connectivity index (χ0v) is 16.2. The van der Waals surface area contributed by atoms with Gasteiger partial charge in [0.05, 0.1) is 20.8 Å². The zero-order valence-electron chi connectivity index (χ0n) is 15.4. The molecular weight excluding hydrogens is 386 g/mol. The van der Waals surface area contributed by atoms with Gasteiger partial charge in [-0.1, -0.05) is 11.8 Å². The van der Waals surface area contributed by atoms with Gasteiger partial charge in [-0.15, -0.1) is 0 Å². The first-order chi connectivity index (χ1) is 13.5. The van der Waals surface area contributed by atoms with Crippen LogP contribution >= 0.6 is 0 Å². The van der Waals surface area contributed by atoms with Crippen molar-refractivity contribution in [3.63, 3.8) is 0 Å². The molecule has 0 aliphatic carbocycles. The van der Waals surface area contributed by atoms with Gasteiger partial charge in [-0.05, 0) is 24.3 Å². The summed E-state index contributed by atoms with van der Waals surface area (Å²) >= 11 is 0. The molecule has 148 valence electrons. The van der Waals surface area contributed by atoms with Crippen LogP contribution in [0.15, 0.2) is 41.3 Å². The molecule has 0 bridgehead atoms. The van der Waals surface area contributed by atoms with Crippen molar-refractivity contribution in [2.75, 3.05) is 34.2 Å². The molecule has 2 aromatic carbocycles. The maximum absolute atomic E-state index is 12.5. The lowest BCUT2D eigenvalue weighted by Gasteiger charge is -2.10. The summed E-state index contributed by atoms with van der Waals surface area (Å²) in [6.07, 6.45) is 0. The fourth-order valence-corrected chi connectivity index (χ4v) is 3.51. The van der Waals surface area contributed by atoms with Gasteiger partial charge in [0.1, 0.15) is 28.8 Å². The monoisotopic (exact) mass is 405 g/mol. The summed E-state index contributed by atoms with van der Waals surface area (Å²) in [6, 6.07) is 9.73. The molecule has 9 heteroatoms. The van der Waals surface area contributed by atoms with E-state index in [1.54, 1.807) is 24.3 Å². The van der Waals surface area contributed by atoms with E-state index in [4.69, 9.17) is 23.7 Å². The van der Waals surface area contributed by atoms with E-state index in [9.17, 15) is 8.42 Å². The second-order valence-corrected chi connectivity index (χ2v) is 7.23. The summed E-state index contributed by atoms with van der Waals surface area (Å²) in [6.45, 7) is 0.216. The van der Waals surface area contributed by atoms with Gasteiger partial charge in [0.2, 0.25) is 16.8 Å². The number of ether oxygens (including phenoxy) is 5. The summed E-state index contributed by atoms with van der Waals surface area (Å²) in [5, 5.41) is 0. The summed E-state index contributed by atoms with van der Waals surface area (Å²) in [5.74, 6) is 7.95. The van der Waals surface area contributed by atoms with Crippen LogP contribution in [0, 0.1) is 11.8 Å². The van der Waals surface area contributed by atoms with Crippen molar-refractivity contribution in [3.8, 4) is 40.6 Å². The van der Waals surface area contributed by atoms with Gasteiger partial charge in [-0.3, -0.25) is 0 Å². The summed E-state index contributed by atoms with van der Waals surface area (Å²) in [7, 11) is -0.958. The van der Waals surface area contributed by atoms with E-state index in [2.05, 4.69) is 16.6 Å². The molecule has 8 nitrogen and oxygen atoms in total. The van der Waals surface area contributed by atoms with Gasteiger partial charge in [0.15, 0.2) is 11.5 Å². The molecule has 2 aromatic rings. The quantitative estimate of drug-likeness (QED) is 0.702. The minimum atomic E-state index is -3.81. The van der Waals surface area contributed by atoms with E-state index in [-0.39, 0.29) is 30.6 Å². The Hall–Kier alpha value is -3.09. The largest absolute Gasteiger partial charge is 0.497 e. The Morgan fingerprint density at radius 1 is 1.00 bits per heavy atom. The highest BCUT2D eigenvalue weighted by Crippen LogP contribution is 2.35. The SMILES string of the molecule is COc1ccc(OC)c(S(=O)(=O)NCC#CCOc2ccc3c(c2)OCO3)c1. The van der Waals surface area contributed by atoms with Crippen molar-refractivity contribution in [2.45, 2.75) is 4.90 Å². The molecule has 3 rings (SSSR count). The van der Waals surface area contributed by atoms with Crippen molar-refractivity contribution in [3.05, 3.63) is 36.4 Å². The van der Waals surface area contributed by atoms with Crippen LogP contribution in [0.4, 0.5) is 0 Å². The predicted molar refractivity (Wildman–Crippen MR) is 101 cm³/mol. The Morgan fingerprint density at radius 2 is 1.79 bits per heavy atom. The number of sulfonamides is 1. The van der Waals surface area contributed by atoms with Gasteiger partial charge in [-0.2, -0.15) is 4.72 Å². The maximum Gasteiger partial charge on any atom is 0.245 e. The average molecular weight is 405 g/mol. The Balaban J connectivity index is 1.55. The number of methoxy groups -OCH3 is 2. The molecule has 0 atom stereocenters. The maximum atomic E-state index is 12.5. The van der Waals surface area contributed by atoms with Crippen LogP contribution in [0.5, 0.6) is 28.7 Å². The smallest absolute Gasteiger partial charge is 0.245 e. The van der Waals surface area contributed by atoms with E-state index >= 15 is 0 Å². The van der Waals surface area contributed by atoms with Crippen LogP contribution in [0.3, 0.4) is 0 Å². The third kappa shape index (κ3) is 4.60. The lowest BCUT2D eigenvalue weighted by Crippen LogP contribution is -2.24. The zero-order chi connectivity index (χ0) is 20.0. The first-order valence-electron chi connectivity index (χ1n) is 8.23. The minimum absolute atomic E-state index is 0.0206. The van der Waals surface area contributed by atoms with E-state index < -0.39 is 10.0 Å². The molecule has 1 N–H and O–H groups in total. The molecule has 0 aromatic heterocycles. The molecule has 1 heterocycles. The molecule has 1 aliphatic rings. The standard InChI is InChI=1S/C19H19NO7S/c1-23-14-5-8-17(24-2)19(12-14)28(21,22)20-9-3-4-10-25-15-6-7-16-18(11-15)27-13-26-16/h5-8,11-12,20H,9-10,13H2,1-2H3. The third-order valence-corrected chi connectivity index (χ3v) is 5.21. The Morgan fingerprint density at radius 3 is 2.57 bits per heavy atom. The van der Waals surface area contributed by atoms with E-state index in [1.807, 2.05) is 0 Å². The Labute approximate surface area is 163 Å². The second-order valence-electron chi connectivity index (χ2n) is 5.50. The number of fused-ring (bicyclic) bond motifs is 1. The summed E-state index contributed by atoms with van der Waals surface area (Å²) in [5.41, 5.74) is 0. The van der Waals surface area contributed by atoms with Crippen molar-refractivity contribution < 1.29 is 32.1 Å². The molecule has 0 amide bonds. The number of hydrogen-bond acceptors (Lipinski definition) is 7. The topological polar surface area (TPSA) is 92.3 Å². The highest BCUT2D eigenvalue weighted by atomic mass is 32.2. The fourth-order valence-electron chi connectivity index (χ4n) is 2.40. The van der Waals surface area contributed by atoms with Crippen LogP contribution < -0.4 is 28.4 Å². The third-order valence-electron chi connectivity index (χ3n) is 3.79. The van der Waals surface area contributed by atoms with Crippen molar-refractivity contribution in [2.24, 2.45) is 0 Å². The predicted octanol–water partition coefficient (Wildman–Crippen LogP) is 1.79. The van der Waals surface area contributed by atoms with Crippen molar-refractivity contribution in [1.29, 1.82) is 0 Å². The van der Waals surface area contributed by atoms with Crippen molar-refractivity contribution in [1.82, 2.24) is 4.72 Å². The number of rotatable bonds is 7. The van der Waals surface area contributed by atoms with Crippen molar-refractivity contribution >= 4 is 10.0 Å². The first kappa shape index (κ1) is 19.7. The van der Waals surface area contributed by atoms with Gasteiger partial charge >= 0.3 is 0 Å². The second kappa shape index (κ2) is 8.73. The van der Waals surface area contributed by atoms with Crippen LogP contribution in [-0.2, 0) is 10.0 Å². The molecule has 0 saturated carbocycles. The van der Waals surface area contributed by atoms with Gasteiger partial charge in [-0.25, -0.2) is 8.42 Å². The summed E-state index contributed by atoms with van der Waals surface area (Å²) < 4.78 is 53.5. The highest BCUT2D eigenvalue weighted by molar-refractivity contribution is 7.89. The molecule has 1 aliphatic heterocycles. The normalized spacial score (nSPS) is 12.1. The number of benzene rings is 2. The van der Waals surface area contributed by atoms with Crippen LogP contribution in [-0.4, -0.2) is 42.6 Å². The minimum Gasteiger partial charge on any atom is -0.497 e. The van der Waals surface area contributed by atoms with Crippen LogP contribution in [0.25, 0.3) is 0 Å². The lowest BCUT2D eigenvalue weighted by molar-refractivity contribution is 0.174. The van der Waals surface area contributed by atoms with Gasteiger partial charge in [0.25, 0.3) is 0 Å². The molecule has 28 heavy (non-hydrogen) atoms. The van der Waals surface area contributed by atoms with Crippen LogP contribution in [0.2, 0.25) is 0 Å². The van der Waals surface area contributed by atoms with Gasteiger partial charge < -0.3 is 23.7 Å². The van der Waals surface area contributed by atoms with E-state index in [0.29, 0.717) is 23.0 Å². The molecule has 0 spiro atoms. The molecule has 0 unspecified atom stereocenters. The van der Waals surface area contributed by atoms with Crippen LogP contribution in [0.1, 0.15) is 0 Å². The number of hydrogen-bond donors (Lipinski definition) is 1. The molecule has 0 fully saturated rings. The van der Waals surface area contributed by atoms with E-state index in [0.717, 1.165) is 0 Å². The average Bonchev–Trinajstić information content (AvgIpc) is 3.18. The Bertz CT molecular complexity index is 1010. The van der Waals surface area contributed by atoms with Gasteiger partial charge in [0, 0.05) is 12.1 Å². The molecule has 0 saturated heterocycles. The van der Waals surface area contributed by atoms with E-state index in [1.165, 1.54) is 26.4 Å². The number of nitrogens with one attached hydrogen (secondary N) is 1.